The summed E-state index contributed by atoms with van der Waals surface area (Å²) in [7, 11) is -3.50. The van der Waals surface area contributed by atoms with Gasteiger partial charge in [-0.05, 0) is 44.9 Å². The highest BCUT2D eigenvalue weighted by molar-refractivity contribution is 7.89. The summed E-state index contributed by atoms with van der Waals surface area (Å²) in [5.74, 6) is -0.0249. The van der Waals surface area contributed by atoms with Gasteiger partial charge in [0.15, 0.2) is 0 Å². The Kier molecular flexibility index (Phi) is 2.91. The number of hydrogen-bond donors (Lipinski definition) is 1. The van der Waals surface area contributed by atoms with E-state index in [1.54, 1.807) is 6.07 Å². The lowest BCUT2D eigenvalue weighted by atomic mass is 10.0. The van der Waals surface area contributed by atoms with E-state index in [9.17, 15) is 13.5 Å². The summed E-state index contributed by atoms with van der Waals surface area (Å²) in [6.45, 7) is 4.41. The van der Waals surface area contributed by atoms with Gasteiger partial charge in [0.25, 0.3) is 0 Å². The van der Waals surface area contributed by atoms with Gasteiger partial charge in [0.05, 0.1) is 4.90 Å². The second-order valence-electron chi connectivity index (χ2n) is 4.99. The number of phenols is 1. The summed E-state index contributed by atoms with van der Waals surface area (Å²) >= 11 is 0. The highest BCUT2D eigenvalue weighted by Crippen LogP contribution is 2.34. The maximum atomic E-state index is 12.4. The van der Waals surface area contributed by atoms with Crippen LogP contribution in [0.4, 0.5) is 0 Å². The molecule has 0 radical (unpaired) electrons. The lowest BCUT2D eigenvalue weighted by Gasteiger charge is -2.30. The third kappa shape index (κ3) is 2.17. The predicted molar refractivity (Wildman–Crippen MR) is 65.3 cm³/mol. The minimum Gasteiger partial charge on any atom is -0.508 e. The Morgan fingerprint density at radius 1 is 1.35 bits per heavy atom. The molecule has 0 saturated carbocycles. The maximum Gasteiger partial charge on any atom is 0.243 e. The van der Waals surface area contributed by atoms with Gasteiger partial charge < -0.3 is 5.11 Å². The van der Waals surface area contributed by atoms with Crippen LogP contribution in [0.3, 0.4) is 0 Å². The molecule has 2 rings (SSSR count). The molecule has 1 aliphatic rings. The number of hydrogen-bond acceptors (Lipinski definition) is 3. The largest absolute Gasteiger partial charge is 0.508 e. The molecule has 1 heterocycles. The average Bonchev–Trinajstić information content (AvgIpc) is 2.58. The van der Waals surface area contributed by atoms with Gasteiger partial charge in [-0.3, -0.25) is 0 Å². The van der Waals surface area contributed by atoms with Crippen molar-refractivity contribution in [1.82, 2.24) is 4.31 Å². The minimum atomic E-state index is -3.50. The van der Waals surface area contributed by atoms with Gasteiger partial charge in [0.2, 0.25) is 10.0 Å². The van der Waals surface area contributed by atoms with Crippen molar-refractivity contribution in [1.29, 1.82) is 0 Å². The number of rotatable bonds is 2. The SMILES string of the molecule is CC1(C)CCCN1S(=O)(=O)c1cccc(O)c1. The number of phenolic OH excluding ortho intramolecular Hbond substituents is 1. The van der Waals surface area contributed by atoms with Crippen LogP contribution in [-0.2, 0) is 10.0 Å². The monoisotopic (exact) mass is 255 g/mol. The van der Waals surface area contributed by atoms with E-state index >= 15 is 0 Å². The molecule has 0 atom stereocenters. The van der Waals surface area contributed by atoms with Gasteiger partial charge in [0.1, 0.15) is 5.75 Å². The molecule has 4 nitrogen and oxygen atoms in total. The Morgan fingerprint density at radius 3 is 2.59 bits per heavy atom. The summed E-state index contributed by atoms with van der Waals surface area (Å²) in [6, 6.07) is 5.83. The zero-order chi connectivity index (χ0) is 12.7. The molecule has 17 heavy (non-hydrogen) atoms. The first-order valence-corrected chi connectivity index (χ1v) is 7.10. The molecule has 1 saturated heterocycles. The van der Waals surface area contributed by atoms with E-state index < -0.39 is 10.0 Å². The Labute approximate surface area is 102 Å². The molecule has 1 aromatic rings. The molecule has 94 valence electrons. The maximum absolute atomic E-state index is 12.4. The Hall–Kier alpha value is -1.07. The Balaban J connectivity index is 2.44. The van der Waals surface area contributed by atoms with Crippen LogP contribution in [-0.4, -0.2) is 29.9 Å². The van der Waals surface area contributed by atoms with Gasteiger partial charge >= 0.3 is 0 Å². The van der Waals surface area contributed by atoms with E-state index in [-0.39, 0.29) is 16.2 Å². The van der Waals surface area contributed by atoms with E-state index in [0.29, 0.717) is 6.54 Å². The third-order valence-corrected chi connectivity index (χ3v) is 5.34. The van der Waals surface area contributed by atoms with Crippen molar-refractivity contribution in [2.24, 2.45) is 0 Å². The first kappa shape index (κ1) is 12.4. The van der Waals surface area contributed by atoms with Gasteiger partial charge in [0, 0.05) is 12.1 Å². The van der Waals surface area contributed by atoms with Crippen LogP contribution in [0, 0.1) is 0 Å². The van der Waals surface area contributed by atoms with E-state index in [4.69, 9.17) is 0 Å². The first-order chi connectivity index (χ1) is 7.84. The van der Waals surface area contributed by atoms with Crippen LogP contribution in [0.25, 0.3) is 0 Å². The summed E-state index contributed by atoms with van der Waals surface area (Å²) in [5, 5.41) is 9.37. The second kappa shape index (κ2) is 3.99. The van der Waals surface area contributed by atoms with E-state index in [0.717, 1.165) is 12.8 Å². The molecule has 1 fully saturated rings. The van der Waals surface area contributed by atoms with Crippen molar-refractivity contribution in [2.45, 2.75) is 37.1 Å². The third-order valence-electron chi connectivity index (χ3n) is 3.23. The van der Waals surface area contributed by atoms with Crippen LogP contribution in [0.15, 0.2) is 29.2 Å². The van der Waals surface area contributed by atoms with Gasteiger partial charge in [-0.2, -0.15) is 4.31 Å². The molecule has 0 aliphatic carbocycles. The van der Waals surface area contributed by atoms with Crippen LogP contribution in [0.1, 0.15) is 26.7 Å². The summed E-state index contributed by atoms with van der Waals surface area (Å²) in [6.07, 6.45) is 1.75. The molecule has 1 aromatic carbocycles. The standard InChI is InChI=1S/C12H17NO3S/c1-12(2)7-4-8-13(12)17(15,16)11-6-3-5-10(14)9-11/h3,5-6,9,14H,4,7-8H2,1-2H3. The lowest BCUT2D eigenvalue weighted by molar-refractivity contribution is 0.291. The molecule has 1 N–H and O–H groups in total. The topological polar surface area (TPSA) is 57.6 Å². The molecule has 1 aliphatic heterocycles. The van der Waals surface area contributed by atoms with Crippen molar-refractivity contribution in [3.8, 4) is 5.75 Å². The average molecular weight is 255 g/mol. The van der Waals surface area contributed by atoms with Gasteiger partial charge in [-0.1, -0.05) is 6.07 Å². The van der Waals surface area contributed by atoms with Gasteiger partial charge in [-0.25, -0.2) is 8.42 Å². The Bertz CT molecular complexity index is 522. The molecule has 0 amide bonds. The van der Waals surface area contributed by atoms with Crippen molar-refractivity contribution in [3.05, 3.63) is 24.3 Å². The molecule has 5 heteroatoms. The smallest absolute Gasteiger partial charge is 0.243 e. The molecular weight excluding hydrogens is 238 g/mol. The van der Waals surface area contributed by atoms with Crippen molar-refractivity contribution in [3.63, 3.8) is 0 Å². The fraction of sp³-hybridized carbons (Fsp3) is 0.500. The molecule has 0 unspecified atom stereocenters. The number of nitrogens with zero attached hydrogens (tertiary/aromatic N) is 1. The zero-order valence-corrected chi connectivity index (χ0v) is 10.9. The van der Waals surface area contributed by atoms with Crippen molar-refractivity contribution in [2.75, 3.05) is 6.54 Å². The van der Waals surface area contributed by atoms with Crippen LogP contribution >= 0.6 is 0 Å². The fourth-order valence-electron chi connectivity index (χ4n) is 2.30. The van der Waals surface area contributed by atoms with Crippen LogP contribution < -0.4 is 0 Å². The van der Waals surface area contributed by atoms with Crippen molar-refractivity contribution >= 4 is 10.0 Å². The zero-order valence-electron chi connectivity index (χ0n) is 10.0. The highest BCUT2D eigenvalue weighted by atomic mass is 32.2. The van der Waals surface area contributed by atoms with E-state index in [1.165, 1.54) is 22.5 Å². The van der Waals surface area contributed by atoms with E-state index in [1.807, 2.05) is 13.8 Å². The summed E-state index contributed by atoms with van der Waals surface area (Å²) < 4.78 is 26.4. The molecule has 0 spiro atoms. The first-order valence-electron chi connectivity index (χ1n) is 5.66. The summed E-state index contributed by atoms with van der Waals surface area (Å²) in [4.78, 5) is 0.160. The molecule has 0 bridgehead atoms. The Morgan fingerprint density at radius 2 is 2.06 bits per heavy atom. The minimum absolute atomic E-state index is 0.0249. The van der Waals surface area contributed by atoms with Gasteiger partial charge in [-0.15, -0.1) is 0 Å². The number of sulfonamides is 1. The number of aromatic hydroxyl groups is 1. The summed E-state index contributed by atoms with van der Waals surface area (Å²) in [5.41, 5.74) is -0.343. The quantitative estimate of drug-likeness (QED) is 0.878. The fourth-order valence-corrected chi connectivity index (χ4v) is 4.19. The lowest BCUT2D eigenvalue weighted by Crippen LogP contribution is -2.42. The number of benzene rings is 1. The molecular formula is C12H17NO3S. The van der Waals surface area contributed by atoms with Crippen LogP contribution in [0.2, 0.25) is 0 Å². The van der Waals surface area contributed by atoms with Crippen molar-refractivity contribution < 1.29 is 13.5 Å². The highest BCUT2D eigenvalue weighted by Gasteiger charge is 2.40. The predicted octanol–water partition coefficient (Wildman–Crippen LogP) is 1.96. The molecule has 0 aromatic heterocycles. The van der Waals surface area contributed by atoms with E-state index in [2.05, 4.69) is 0 Å². The normalized spacial score (nSPS) is 20.6. The van der Waals surface area contributed by atoms with Crippen LogP contribution in [0.5, 0.6) is 5.75 Å². The second-order valence-corrected chi connectivity index (χ2v) is 6.85.